The molecule has 0 saturated heterocycles. The zero-order valence-corrected chi connectivity index (χ0v) is 9.78. The molecule has 0 aliphatic rings. The molecule has 15 heavy (non-hydrogen) atoms. The summed E-state index contributed by atoms with van der Waals surface area (Å²) in [6.45, 7) is 6.76. The Kier molecular flexibility index (Phi) is 3.82. The molecular weight excluding hydrogens is 194 g/mol. The van der Waals surface area contributed by atoms with Gasteiger partial charge in [0, 0.05) is 13.5 Å². The third-order valence-corrected chi connectivity index (χ3v) is 1.84. The van der Waals surface area contributed by atoms with Crippen LogP contribution in [0.5, 0.6) is 0 Å². The zero-order chi connectivity index (χ0) is 11.5. The fraction of sp³-hybridized carbons (Fsp3) is 0.800. The lowest BCUT2D eigenvalue weighted by Crippen LogP contribution is -2.17. The van der Waals surface area contributed by atoms with Crippen molar-refractivity contribution >= 4 is 0 Å². The van der Waals surface area contributed by atoms with Gasteiger partial charge >= 0.3 is 0 Å². The van der Waals surface area contributed by atoms with Crippen LogP contribution in [-0.4, -0.2) is 23.9 Å². The molecule has 86 valence electrons. The Hall–Kier alpha value is -0.940. The quantitative estimate of drug-likeness (QED) is 0.816. The van der Waals surface area contributed by atoms with Crippen LogP contribution in [0.2, 0.25) is 0 Å². The van der Waals surface area contributed by atoms with Gasteiger partial charge < -0.3 is 15.0 Å². The van der Waals surface area contributed by atoms with Crippen molar-refractivity contribution < 1.29 is 9.26 Å². The monoisotopic (exact) mass is 213 g/mol. The Morgan fingerprint density at radius 1 is 1.47 bits per heavy atom. The first kappa shape index (κ1) is 12.1. The fourth-order valence-corrected chi connectivity index (χ4v) is 1.22. The minimum Gasteiger partial charge on any atom is -0.383 e. The molecule has 5 heteroatoms. The lowest BCUT2D eigenvalue weighted by Gasteiger charge is -2.14. The molecule has 0 aliphatic heterocycles. The second kappa shape index (κ2) is 4.72. The van der Waals surface area contributed by atoms with Gasteiger partial charge in [0.2, 0.25) is 5.89 Å². The smallest absolute Gasteiger partial charge is 0.245 e. The first-order valence-corrected chi connectivity index (χ1v) is 4.99. The minimum absolute atomic E-state index is 0.145. The van der Waals surface area contributed by atoms with Crippen LogP contribution in [-0.2, 0) is 11.2 Å². The van der Waals surface area contributed by atoms with Gasteiger partial charge in [0.1, 0.15) is 6.04 Å². The van der Waals surface area contributed by atoms with Crippen molar-refractivity contribution in [2.45, 2.75) is 33.2 Å². The number of rotatable bonds is 4. The number of methoxy groups -OCH3 is 1. The summed E-state index contributed by atoms with van der Waals surface area (Å²) >= 11 is 0. The number of nitrogens with two attached hydrogens (primary N) is 1. The van der Waals surface area contributed by atoms with E-state index in [0.29, 0.717) is 18.3 Å². The molecule has 5 nitrogen and oxygen atoms in total. The van der Waals surface area contributed by atoms with Crippen molar-refractivity contribution in [3.8, 4) is 0 Å². The average Bonchev–Trinajstić information content (AvgIpc) is 2.50. The summed E-state index contributed by atoms with van der Waals surface area (Å²) in [5.41, 5.74) is 5.91. The molecule has 1 aromatic heterocycles. The standard InChI is InChI=1S/C10H19N3O2/c1-10(2,3)5-8-12-9(15-13-8)7(11)6-14-4/h7H,5-6,11H2,1-4H3. The van der Waals surface area contributed by atoms with Crippen molar-refractivity contribution in [3.63, 3.8) is 0 Å². The Labute approximate surface area is 90.0 Å². The van der Waals surface area contributed by atoms with Gasteiger partial charge in [0.15, 0.2) is 5.82 Å². The molecule has 0 bridgehead atoms. The van der Waals surface area contributed by atoms with Crippen molar-refractivity contribution in [2.24, 2.45) is 11.1 Å². The normalized spacial score (nSPS) is 14.2. The van der Waals surface area contributed by atoms with E-state index in [1.165, 1.54) is 0 Å². The SMILES string of the molecule is COCC(N)c1nc(CC(C)(C)C)no1. The molecule has 0 fully saturated rings. The van der Waals surface area contributed by atoms with Crippen LogP contribution >= 0.6 is 0 Å². The van der Waals surface area contributed by atoms with Crippen molar-refractivity contribution in [3.05, 3.63) is 11.7 Å². The van der Waals surface area contributed by atoms with E-state index in [9.17, 15) is 0 Å². The molecule has 0 aliphatic carbocycles. The van der Waals surface area contributed by atoms with E-state index in [-0.39, 0.29) is 11.5 Å². The maximum absolute atomic E-state index is 5.76. The highest BCUT2D eigenvalue weighted by atomic mass is 16.5. The molecular formula is C10H19N3O2. The number of hydrogen-bond acceptors (Lipinski definition) is 5. The summed E-state index contributed by atoms with van der Waals surface area (Å²) in [4.78, 5) is 4.23. The molecule has 0 spiro atoms. The first-order valence-electron chi connectivity index (χ1n) is 4.99. The second-order valence-electron chi connectivity index (χ2n) is 4.85. The van der Waals surface area contributed by atoms with Crippen LogP contribution in [0, 0.1) is 5.41 Å². The molecule has 0 aromatic carbocycles. The Bertz CT molecular complexity index is 304. The topological polar surface area (TPSA) is 74.2 Å². The van der Waals surface area contributed by atoms with Gasteiger partial charge in [-0.1, -0.05) is 25.9 Å². The van der Waals surface area contributed by atoms with Gasteiger partial charge in [0.05, 0.1) is 6.61 Å². The van der Waals surface area contributed by atoms with Crippen LogP contribution in [0.25, 0.3) is 0 Å². The summed E-state index contributed by atoms with van der Waals surface area (Å²) in [6, 6.07) is -0.337. The van der Waals surface area contributed by atoms with Gasteiger partial charge in [0.25, 0.3) is 0 Å². The molecule has 0 radical (unpaired) electrons. The van der Waals surface area contributed by atoms with Crippen molar-refractivity contribution in [1.29, 1.82) is 0 Å². The Balaban J connectivity index is 2.64. The number of ether oxygens (including phenoxy) is 1. The van der Waals surface area contributed by atoms with E-state index >= 15 is 0 Å². The van der Waals surface area contributed by atoms with E-state index in [1.807, 2.05) is 0 Å². The highest BCUT2D eigenvalue weighted by molar-refractivity contribution is 4.94. The summed E-state index contributed by atoms with van der Waals surface area (Å²) in [5, 5.41) is 3.88. The lowest BCUT2D eigenvalue weighted by molar-refractivity contribution is 0.166. The summed E-state index contributed by atoms with van der Waals surface area (Å²) in [5.74, 6) is 1.14. The zero-order valence-electron chi connectivity index (χ0n) is 9.78. The van der Waals surface area contributed by atoms with Crippen LogP contribution in [0.3, 0.4) is 0 Å². The summed E-state index contributed by atoms with van der Waals surface area (Å²) in [6.07, 6.45) is 0.774. The lowest BCUT2D eigenvalue weighted by atomic mass is 9.92. The van der Waals surface area contributed by atoms with E-state index in [2.05, 4.69) is 30.9 Å². The van der Waals surface area contributed by atoms with Crippen LogP contribution < -0.4 is 5.73 Å². The van der Waals surface area contributed by atoms with Gasteiger partial charge in [-0.15, -0.1) is 0 Å². The fourth-order valence-electron chi connectivity index (χ4n) is 1.22. The third-order valence-electron chi connectivity index (χ3n) is 1.84. The number of hydrogen-bond donors (Lipinski definition) is 1. The maximum Gasteiger partial charge on any atom is 0.245 e. The molecule has 0 amide bonds. The summed E-state index contributed by atoms with van der Waals surface area (Å²) < 4.78 is 9.97. The highest BCUT2D eigenvalue weighted by Crippen LogP contribution is 2.19. The predicted octanol–water partition coefficient (Wildman–Crippen LogP) is 1.30. The molecule has 1 aromatic rings. The van der Waals surface area contributed by atoms with Gasteiger partial charge in [-0.3, -0.25) is 0 Å². The predicted molar refractivity (Wildman–Crippen MR) is 56.3 cm³/mol. The maximum atomic E-state index is 5.76. The van der Waals surface area contributed by atoms with Crippen molar-refractivity contribution in [2.75, 3.05) is 13.7 Å². The van der Waals surface area contributed by atoms with Crippen LogP contribution in [0.4, 0.5) is 0 Å². The van der Waals surface area contributed by atoms with Gasteiger partial charge in [-0.25, -0.2) is 0 Å². The number of nitrogens with zero attached hydrogens (tertiary/aromatic N) is 2. The average molecular weight is 213 g/mol. The third kappa shape index (κ3) is 3.97. The number of aromatic nitrogens is 2. The minimum atomic E-state index is -0.337. The van der Waals surface area contributed by atoms with Crippen LogP contribution in [0.15, 0.2) is 4.52 Å². The summed E-state index contributed by atoms with van der Waals surface area (Å²) in [7, 11) is 1.59. The highest BCUT2D eigenvalue weighted by Gasteiger charge is 2.18. The van der Waals surface area contributed by atoms with E-state index in [0.717, 1.165) is 6.42 Å². The van der Waals surface area contributed by atoms with Crippen LogP contribution in [0.1, 0.15) is 38.5 Å². The van der Waals surface area contributed by atoms with Crippen molar-refractivity contribution in [1.82, 2.24) is 10.1 Å². The second-order valence-corrected chi connectivity index (χ2v) is 4.85. The van der Waals surface area contributed by atoms with E-state index in [4.69, 9.17) is 15.0 Å². The molecule has 1 atom stereocenters. The molecule has 0 saturated carbocycles. The van der Waals surface area contributed by atoms with E-state index < -0.39 is 0 Å². The largest absolute Gasteiger partial charge is 0.383 e. The van der Waals surface area contributed by atoms with E-state index in [1.54, 1.807) is 7.11 Å². The van der Waals surface area contributed by atoms with Gasteiger partial charge in [-0.05, 0) is 5.41 Å². The van der Waals surface area contributed by atoms with Gasteiger partial charge in [-0.2, -0.15) is 4.98 Å². The molecule has 1 heterocycles. The molecule has 1 unspecified atom stereocenters. The first-order chi connectivity index (χ1) is 6.92. The molecule has 1 rings (SSSR count). The Morgan fingerprint density at radius 2 is 2.13 bits per heavy atom. The Morgan fingerprint density at radius 3 is 2.67 bits per heavy atom. The molecule has 2 N–H and O–H groups in total.